The van der Waals surface area contributed by atoms with Crippen LogP contribution in [-0.4, -0.2) is 51.7 Å². The largest absolute Gasteiger partial charge is 0.368 e. The van der Waals surface area contributed by atoms with Crippen LogP contribution >= 0.6 is 0 Å². The van der Waals surface area contributed by atoms with E-state index in [0.717, 1.165) is 45.1 Å². The molecule has 3 N–H and O–H groups in total. The zero-order chi connectivity index (χ0) is 28.4. The van der Waals surface area contributed by atoms with Crippen molar-refractivity contribution in [3.8, 4) is 0 Å². The fourth-order valence-corrected chi connectivity index (χ4v) is 6.86. The molecule has 0 aromatic heterocycles. The second-order valence-corrected chi connectivity index (χ2v) is 11.8. The third kappa shape index (κ3) is 5.38. The Kier molecular flexibility index (Phi) is 7.15. The van der Waals surface area contributed by atoms with Gasteiger partial charge in [0.25, 0.3) is 10.0 Å². The van der Waals surface area contributed by atoms with E-state index in [-0.39, 0.29) is 11.3 Å². The lowest BCUT2D eigenvalue weighted by Crippen LogP contribution is -2.52. The van der Waals surface area contributed by atoms with Crippen LogP contribution in [-0.2, 0) is 26.0 Å². The van der Waals surface area contributed by atoms with Gasteiger partial charge in [0.15, 0.2) is 0 Å². The van der Waals surface area contributed by atoms with E-state index >= 15 is 0 Å². The fourth-order valence-electron chi connectivity index (χ4n) is 5.19. The molecule has 0 spiro atoms. The molecule has 0 aliphatic carbocycles. The number of hydrogen-bond donors (Lipinski definition) is 3. The molecule has 0 saturated carbocycles. The van der Waals surface area contributed by atoms with Crippen molar-refractivity contribution < 1.29 is 18.0 Å². The lowest BCUT2D eigenvalue weighted by molar-refractivity contribution is -0.125. The van der Waals surface area contributed by atoms with Crippen molar-refractivity contribution in [1.29, 1.82) is 0 Å². The molecular formula is C31H29N5O4S. The summed E-state index contributed by atoms with van der Waals surface area (Å²) >= 11 is 0. The van der Waals surface area contributed by atoms with Gasteiger partial charge in [0.1, 0.15) is 11.9 Å². The first-order chi connectivity index (χ1) is 19.9. The number of hydrogen-bond acceptors (Lipinski definition) is 6. The summed E-state index contributed by atoms with van der Waals surface area (Å²) in [6, 6.07) is 25.8. The van der Waals surface area contributed by atoms with Gasteiger partial charge in [-0.1, -0.05) is 66.7 Å². The summed E-state index contributed by atoms with van der Waals surface area (Å²) in [5.74, 6) is -0.0769. The van der Waals surface area contributed by atoms with Crippen molar-refractivity contribution >= 4 is 49.8 Å². The number of sulfonamides is 1. The molecule has 0 radical (unpaired) electrons. The van der Waals surface area contributed by atoms with Gasteiger partial charge in [0.2, 0.25) is 11.8 Å². The predicted octanol–water partition coefficient (Wildman–Crippen LogP) is 3.45. The van der Waals surface area contributed by atoms with E-state index in [2.05, 4.69) is 20.9 Å². The van der Waals surface area contributed by atoms with Gasteiger partial charge in [0, 0.05) is 18.7 Å². The van der Waals surface area contributed by atoms with E-state index in [1.54, 1.807) is 36.4 Å². The molecule has 2 amide bonds. The summed E-state index contributed by atoms with van der Waals surface area (Å²) in [5.41, 5.74) is 2.75. The van der Waals surface area contributed by atoms with Crippen molar-refractivity contribution in [3.63, 3.8) is 0 Å². The minimum Gasteiger partial charge on any atom is -0.368 e. The van der Waals surface area contributed by atoms with Gasteiger partial charge >= 0.3 is 0 Å². The monoisotopic (exact) mass is 567 g/mol. The first kappa shape index (κ1) is 26.5. The summed E-state index contributed by atoms with van der Waals surface area (Å²) in [6.07, 6.45) is 0.266. The maximum atomic E-state index is 14.1. The molecule has 0 bridgehead atoms. The zero-order valence-corrected chi connectivity index (χ0v) is 23.0. The Morgan fingerprint density at radius 2 is 1.71 bits per heavy atom. The number of aliphatic imine (C=N–C) groups is 1. The Bertz CT molecular complexity index is 1770. The lowest BCUT2D eigenvalue weighted by Gasteiger charge is -2.36. The third-order valence-corrected chi connectivity index (χ3v) is 9.10. The van der Waals surface area contributed by atoms with E-state index in [1.165, 1.54) is 6.07 Å². The van der Waals surface area contributed by atoms with Crippen molar-refractivity contribution in [1.82, 2.24) is 10.6 Å². The first-order valence-corrected chi connectivity index (χ1v) is 14.9. The minimum atomic E-state index is -4.19. The normalized spacial score (nSPS) is 16.5. The van der Waals surface area contributed by atoms with Gasteiger partial charge < -0.3 is 16.0 Å². The maximum Gasteiger partial charge on any atom is 0.265 e. The summed E-state index contributed by atoms with van der Waals surface area (Å²) in [7, 11) is -4.19. The second-order valence-electron chi connectivity index (χ2n) is 9.99. The molecule has 4 aromatic rings. The molecule has 0 fully saturated rings. The molecule has 10 heteroatoms. The van der Waals surface area contributed by atoms with Crippen LogP contribution in [0.3, 0.4) is 0 Å². The van der Waals surface area contributed by atoms with Crippen molar-refractivity contribution in [2.24, 2.45) is 4.99 Å². The number of fused-ring (bicyclic) bond motifs is 2. The Morgan fingerprint density at radius 1 is 0.951 bits per heavy atom. The lowest BCUT2D eigenvalue weighted by atomic mass is 10.1. The standard InChI is InChI=1S/C31H29N5O4S/c37-29(32-16-15-21-9-11-23(12-10-21)30-33-17-18-34-30)20-28-31(38)35-26-7-3-4-8-27(26)36(28)41(39,40)25-14-13-22-5-1-2-6-24(22)19-25/h1-14,19,28H,15-18,20H2,(H,32,37)(H,33,34)(H,35,38). The molecule has 2 aliphatic rings. The Morgan fingerprint density at radius 3 is 2.49 bits per heavy atom. The van der Waals surface area contributed by atoms with Crippen LogP contribution in [0.15, 0.2) is 101 Å². The third-order valence-electron chi connectivity index (χ3n) is 7.28. The van der Waals surface area contributed by atoms with E-state index in [0.29, 0.717) is 24.3 Å². The molecule has 41 heavy (non-hydrogen) atoms. The number of benzene rings is 4. The highest BCUT2D eigenvalue weighted by molar-refractivity contribution is 7.93. The summed E-state index contributed by atoms with van der Waals surface area (Å²) in [5, 5.41) is 10.5. The topological polar surface area (TPSA) is 120 Å². The van der Waals surface area contributed by atoms with Gasteiger partial charge in [-0.05, 0) is 47.0 Å². The summed E-state index contributed by atoms with van der Waals surface area (Å²) < 4.78 is 29.2. The summed E-state index contributed by atoms with van der Waals surface area (Å²) in [6.45, 7) is 1.96. The molecule has 1 unspecified atom stereocenters. The Labute approximate surface area is 238 Å². The van der Waals surface area contributed by atoms with Crippen LogP contribution in [0.4, 0.5) is 11.4 Å². The van der Waals surface area contributed by atoms with Crippen LogP contribution in [0.25, 0.3) is 10.8 Å². The van der Waals surface area contributed by atoms with E-state index in [4.69, 9.17) is 0 Å². The van der Waals surface area contributed by atoms with Gasteiger partial charge in [-0.3, -0.25) is 18.9 Å². The van der Waals surface area contributed by atoms with Crippen LogP contribution in [0.2, 0.25) is 0 Å². The number of amides is 2. The first-order valence-electron chi connectivity index (χ1n) is 13.5. The molecule has 6 rings (SSSR count). The quantitative estimate of drug-likeness (QED) is 0.301. The smallest absolute Gasteiger partial charge is 0.265 e. The van der Waals surface area contributed by atoms with Crippen LogP contribution in [0, 0.1) is 0 Å². The summed E-state index contributed by atoms with van der Waals surface area (Å²) in [4.78, 5) is 30.7. The van der Waals surface area contributed by atoms with Crippen LogP contribution < -0.4 is 20.3 Å². The molecule has 0 saturated heterocycles. The number of carbonyl (C=O) groups is 2. The molecular weight excluding hydrogens is 538 g/mol. The van der Waals surface area contributed by atoms with Crippen LogP contribution in [0.5, 0.6) is 0 Å². The van der Waals surface area contributed by atoms with Gasteiger partial charge in [0.05, 0.1) is 29.2 Å². The van der Waals surface area contributed by atoms with Crippen molar-refractivity contribution in [2.45, 2.75) is 23.8 Å². The van der Waals surface area contributed by atoms with E-state index < -0.39 is 27.9 Å². The fraction of sp³-hybridized carbons (Fsp3) is 0.194. The van der Waals surface area contributed by atoms with Crippen molar-refractivity contribution in [2.75, 3.05) is 29.3 Å². The molecule has 4 aromatic carbocycles. The maximum absolute atomic E-state index is 14.1. The second kappa shape index (κ2) is 11.1. The number of nitrogens with zero attached hydrogens (tertiary/aromatic N) is 2. The van der Waals surface area contributed by atoms with Gasteiger partial charge in [-0.25, -0.2) is 8.42 Å². The number of para-hydroxylation sites is 2. The Balaban J connectivity index is 1.20. The van der Waals surface area contributed by atoms with E-state index in [1.807, 2.05) is 48.5 Å². The number of carbonyl (C=O) groups excluding carboxylic acids is 2. The van der Waals surface area contributed by atoms with Gasteiger partial charge in [-0.15, -0.1) is 0 Å². The molecule has 1 atom stereocenters. The van der Waals surface area contributed by atoms with Crippen LogP contribution in [0.1, 0.15) is 17.5 Å². The molecule has 2 aliphatic heterocycles. The van der Waals surface area contributed by atoms with E-state index in [9.17, 15) is 18.0 Å². The number of anilines is 2. The number of nitrogens with one attached hydrogen (secondary N) is 3. The minimum absolute atomic E-state index is 0.0494. The average molecular weight is 568 g/mol. The highest BCUT2D eigenvalue weighted by Gasteiger charge is 2.42. The van der Waals surface area contributed by atoms with Gasteiger partial charge in [-0.2, -0.15) is 0 Å². The number of amidine groups is 1. The molecule has 9 nitrogen and oxygen atoms in total. The highest BCUT2D eigenvalue weighted by atomic mass is 32.2. The SMILES string of the molecule is O=C(CC1C(=O)Nc2ccccc2N1S(=O)(=O)c1ccc2ccccc2c1)NCCc1ccc(C2=NCCN2)cc1. The highest BCUT2D eigenvalue weighted by Crippen LogP contribution is 2.37. The zero-order valence-electron chi connectivity index (χ0n) is 22.2. The Hall–Kier alpha value is -4.70. The van der Waals surface area contributed by atoms with Crippen molar-refractivity contribution in [3.05, 3.63) is 102 Å². The number of rotatable bonds is 8. The predicted molar refractivity (Wildman–Crippen MR) is 160 cm³/mol. The molecule has 208 valence electrons. The molecule has 2 heterocycles. The average Bonchev–Trinajstić information content (AvgIpc) is 3.53.